The number of carbonyl (C=O) groups is 2. The number of ketones is 1. The van der Waals surface area contributed by atoms with E-state index < -0.39 is 5.97 Å². The van der Waals surface area contributed by atoms with E-state index in [9.17, 15) is 9.59 Å². The highest BCUT2D eigenvalue weighted by molar-refractivity contribution is 6.03. The summed E-state index contributed by atoms with van der Waals surface area (Å²) in [6.45, 7) is 11.7. The van der Waals surface area contributed by atoms with Gasteiger partial charge >= 0.3 is 5.97 Å². The van der Waals surface area contributed by atoms with Crippen molar-refractivity contribution in [2.24, 2.45) is 0 Å². The van der Waals surface area contributed by atoms with Crippen molar-refractivity contribution in [2.45, 2.75) is 65.2 Å². The molecule has 0 aliphatic heterocycles. The number of esters is 1. The second-order valence-corrected chi connectivity index (χ2v) is 9.13. The van der Waals surface area contributed by atoms with Gasteiger partial charge in [0.15, 0.2) is 5.78 Å². The monoisotopic (exact) mass is 411 g/mol. The first-order valence-corrected chi connectivity index (χ1v) is 10.8. The summed E-state index contributed by atoms with van der Waals surface area (Å²) in [5.41, 5.74) is 5.10. The van der Waals surface area contributed by atoms with E-state index in [0.29, 0.717) is 42.9 Å². The van der Waals surface area contributed by atoms with Crippen LogP contribution in [0.15, 0.2) is 24.3 Å². The van der Waals surface area contributed by atoms with E-state index in [4.69, 9.17) is 9.47 Å². The molecule has 2 aromatic rings. The Labute approximate surface area is 179 Å². The lowest BCUT2D eigenvalue weighted by Crippen LogP contribution is -2.19. The lowest BCUT2D eigenvalue weighted by atomic mass is 9.80. The Morgan fingerprint density at radius 3 is 2.43 bits per heavy atom. The largest absolute Gasteiger partial charge is 0.459 e. The summed E-state index contributed by atoms with van der Waals surface area (Å²) in [5, 5.41) is 0. The number of H-pyrrole nitrogens is 1. The fourth-order valence-corrected chi connectivity index (χ4v) is 4.04. The van der Waals surface area contributed by atoms with Gasteiger partial charge in [0.25, 0.3) is 0 Å². The molecule has 0 saturated heterocycles. The number of hydrogen-bond acceptors (Lipinski definition) is 4. The molecule has 5 nitrogen and oxygen atoms in total. The van der Waals surface area contributed by atoms with Gasteiger partial charge in [-0.1, -0.05) is 52.0 Å². The molecule has 1 unspecified atom stereocenters. The number of nitrogens with one attached hydrogen (secondary N) is 1. The Bertz CT molecular complexity index is 902. The molecule has 0 fully saturated rings. The van der Waals surface area contributed by atoms with Gasteiger partial charge in [-0.2, -0.15) is 0 Å². The summed E-state index contributed by atoms with van der Waals surface area (Å²) < 4.78 is 10.7. The lowest BCUT2D eigenvalue weighted by Gasteiger charge is -2.24. The van der Waals surface area contributed by atoms with Crippen LogP contribution in [0.2, 0.25) is 0 Å². The van der Waals surface area contributed by atoms with Crippen LogP contribution in [-0.2, 0) is 21.3 Å². The van der Waals surface area contributed by atoms with Crippen LogP contribution in [0.3, 0.4) is 0 Å². The molecule has 1 atom stereocenters. The molecule has 0 saturated carbocycles. The van der Waals surface area contributed by atoms with E-state index >= 15 is 0 Å². The third kappa shape index (κ3) is 4.84. The Balaban J connectivity index is 1.73. The molecular formula is C25H33NO4. The molecule has 162 valence electrons. The second-order valence-electron chi connectivity index (χ2n) is 9.13. The van der Waals surface area contributed by atoms with Crippen molar-refractivity contribution in [1.82, 2.24) is 4.98 Å². The Morgan fingerprint density at radius 2 is 1.80 bits per heavy atom. The summed E-state index contributed by atoms with van der Waals surface area (Å²) in [7, 11) is 0. The van der Waals surface area contributed by atoms with E-state index in [1.807, 2.05) is 13.8 Å². The normalized spacial score (nSPS) is 16.4. The van der Waals surface area contributed by atoms with Gasteiger partial charge in [-0.15, -0.1) is 0 Å². The van der Waals surface area contributed by atoms with E-state index in [1.54, 1.807) is 0 Å². The Kier molecular flexibility index (Phi) is 6.81. The molecule has 0 amide bonds. The van der Waals surface area contributed by atoms with Crippen molar-refractivity contribution in [2.75, 3.05) is 19.8 Å². The number of benzene rings is 1. The zero-order chi connectivity index (χ0) is 21.9. The van der Waals surface area contributed by atoms with Gasteiger partial charge in [-0.3, -0.25) is 4.79 Å². The minimum Gasteiger partial charge on any atom is -0.459 e. The number of aromatic nitrogens is 1. The number of rotatable bonds is 7. The summed E-state index contributed by atoms with van der Waals surface area (Å²) in [4.78, 5) is 28.6. The minimum absolute atomic E-state index is 0.0835. The van der Waals surface area contributed by atoms with Crippen molar-refractivity contribution < 1.29 is 19.1 Å². The van der Waals surface area contributed by atoms with Gasteiger partial charge in [-0.25, -0.2) is 4.79 Å². The number of fused-ring (bicyclic) bond motifs is 1. The Morgan fingerprint density at radius 1 is 1.10 bits per heavy atom. The van der Waals surface area contributed by atoms with Gasteiger partial charge in [0.1, 0.15) is 12.3 Å². The first-order chi connectivity index (χ1) is 14.2. The average Bonchev–Trinajstić information content (AvgIpc) is 3.04. The third-order valence-electron chi connectivity index (χ3n) is 5.75. The lowest BCUT2D eigenvalue weighted by molar-refractivity contribution is 0.0312. The molecule has 3 rings (SSSR count). The molecule has 1 aromatic carbocycles. The Hall–Kier alpha value is -2.40. The number of aromatic amines is 1. The van der Waals surface area contributed by atoms with Gasteiger partial charge in [0.05, 0.1) is 6.61 Å². The second kappa shape index (κ2) is 9.17. The molecule has 1 aliphatic rings. The van der Waals surface area contributed by atoms with Crippen molar-refractivity contribution in [3.8, 4) is 0 Å². The first-order valence-electron chi connectivity index (χ1n) is 10.8. The van der Waals surface area contributed by atoms with Crippen LogP contribution in [0, 0.1) is 6.92 Å². The van der Waals surface area contributed by atoms with Crippen molar-refractivity contribution in [3.63, 3.8) is 0 Å². The fourth-order valence-electron chi connectivity index (χ4n) is 4.04. The first kappa shape index (κ1) is 22.3. The van der Waals surface area contributed by atoms with E-state index in [-0.39, 0.29) is 23.7 Å². The summed E-state index contributed by atoms with van der Waals surface area (Å²) in [6.07, 6.45) is 2.10. The van der Waals surface area contributed by atoms with E-state index in [2.05, 4.69) is 50.0 Å². The molecule has 1 aromatic heterocycles. The topological polar surface area (TPSA) is 68.4 Å². The van der Waals surface area contributed by atoms with Gasteiger partial charge in [0, 0.05) is 24.3 Å². The van der Waals surface area contributed by atoms with Crippen LogP contribution in [0.4, 0.5) is 0 Å². The van der Waals surface area contributed by atoms with Crippen LogP contribution in [0.25, 0.3) is 0 Å². The molecule has 0 bridgehead atoms. The number of ether oxygens (including phenoxy) is 2. The van der Waals surface area contributed by atoms with Crippen molar-refractivity contribution >= 4 is 11.8 Å². The van der Waals surface area contributed by atoms with Crippen LogP contribution < -0.4 is 0 Å². The van der Waals surface area contributed by atoms with Crippen LogP contribution in [0.1, 0.15) is 89.7 Å². The third-order valence-corrected chi connectivity index (χ3v) is 5.75. The molecule has 0 spiro atoms. The van der Waals surface area contributed by atoms with Gasteiger partial charge in [0.2, 0.25) is 0 Å². The molecule has 1 aliphatic carbocycles. The maximum absolute atomic E-state index is 12.9. The SMILES string of the molecule is CCCOCCOC(=O)c1[nH]c2c(c1C)C(=O)CC(c1ccc(C(C)(C)C)cc1)C2. The highest BCUT2D eigenvalue weighted by Crippen LogP contribution is 2.36. The number of Topliss-reactive ketones (excluding diaryl/α,β-unsaturated/α-hetero) is 1. The highest BCUT2D eigenvalue weighted by atomic mass is 16.6. The van der Waals surface area contributed by atoms with Crippen LogP contribution >= 0.6 is 0 Å². The summed E-state index contributed by atoms with van der Waals surface area (Å²) >= 11 is 0. The molecule has 30 heavy (non-hydrogen) atoms. The molecular weight excluding hydrogens is 378 g/mol. The number of hydrogen-bond donors (Lipinski definition) is 1. The van der Waals surface area contributed by atoms with Crippen LogP contribution in [-0.4, -0.2) is 36.6 Å². The van der Waals surface area contributed by atoms with Crippen molar-refractivity contribution in [1.29, 1.82) is 0 Å². The van der Waals surface area contributed by atoms with Gasteiger partial charge in [-0.05, 0) is 47.8 Å². The van der Waals surface area contributed by atoms with E-state index in [1.165, 1.54) is 5.56 Å². The number of carbonyl (C=O) groups excluding carboxylic acids is 2. The fraction of sp³-hybridized carbons (Fsp3) is 0.520. The molecule has 5 heteroatoms. The molecule has 1 heterocycles. The molecule has 1 N–H and O–H groups in total. The molecule has 0 radical (unpaired) electrons. The van der Waals surface area contributed by atoms with Gasteiger partial charge < -0.3 is 14.5 Å². The zero-order valence-corrected chi connectivity index (χ0v) is 18.8. The average molecular weight is 412 g/mol. The maximum atomic E-state index is 12.9. The minimum atomic E-state index is -0.430. The predicted octanol–water partition coefficient (Wildman–Crippen LogP) is 5.12. The van der Waals surface area contributed by atoms with Crippen molar-refractivity contribution in [3.05, 3.63) is 57.9 Å². The summed E-state index contributed by atoms with van der Waals surface area (Å²) in [5.74, 6) is -0.232. The highest BCUT2D eigenvalue weighted by Gasteiger charge is 2.32. The standard InChI is InChI=1S/C25H33NO4/c1-6-11-29-12-13-30-24(28)23-16(2)22-20(26-23)14-18(15-21(22)27)17-7-9-19(10-8-17)25(3,4)5/h7-10,18,26H,6,11-15H2,1-5H3. The predicted molar refractivity (Wildman–Crippen MR) is 117 cm³/mol. The van der Waals surface area contributed by atoms with Crippen LogP contribution in [0.5, 0.6) is 0 Å². The van der Waals surface area contributed by atoms with E-state index in [0.717, 1.165) is 17.7 Å². The smallest absolute Gasteiger partial charge is 0.355 e. The quantitative estimate of drug-likeness (QED) is 0.507. The summed E-state index contributed by atoms with van der Waals surface area (Å²) in [6, 6.07) is 8.56. The maximum Gasteiger partial charge on any atom is 0.355 e. The zero-order valence-electron chi connectivity index (χ0n) is 18.8.